The van der Waals surface area contributed by atoms with Gasteiger partial charge in [-0.2, -0.15) is 4.73 Å². The molecule has 0 saturated carbocycles. The standard InChI is InChI=1S/C20H22N2O/c1-15-20(17-11-12-21-13-17)18-9-5-6-10-19(18)22(15)23-14-16-7-3-2-4-8-16/h2-10,17,21H,11-14H2,1H3. The molecular weight excluding hydrogens is 284 g/mol. The summed E-state index contributed by atoms with van der Waals surface area (Å²) in [6.45, 7) is 4.93. The van der Waals surface area contributed by atoms with Crippen LogP contribution in [0.25, 0.3) is 10.9 Å². The van der Waals surface area contributed by atoms with Crippen molar-refractivity contribution in [3.05, 3.63) is 71.4 Å². The Morgan fingerprint density at radius 1 is 1.09 bits per heavy atom. The topological polar surface area (TPSA) is 26.2 Å². The molecule has 2 heterocycles. The van der Waals surface area contributed by atoms with E-state index in [1.165, 1.54) is 34.1 Å². The summed E-state index contributed by atoms with van der Waals surface area (Å²) in [4.78, 5) is 6.17. The zero-order valence-corrected chi connectivity index (χ0v) is 13.5. The van der Waals surface area contributed by atoms with Crippen molar-refractivity contribution in [1.29, 1.82) is 0 Å². The second-order valence-electron chi connectivity index (χ2n) is 6.26. The van der Waals surface area contributed by atoms with Crippen LogP contribution < -0.4 is 10.2 Å². The minimum atomic E-state index is 0.585. The van der Waals surface area contributed by atoms with Gasteiger partial charge < -0.3 is 10.2 Å². The number of aromatic nitrogens is 1. The Labute approximate surface area is 136 Å². The van der Waals surface area contributed by atoms with Crippen molar-refractivity contribution in [3.63, 3.8) is 0 Å². The molecular formula is C20H22N2O. The van der Waals surface area contributed by atoms with E-state index in [0.717, 1.165) is 13.1 Å². The van der Waals surface area contributed by atoms with E-state index in [-0.39, 0.29) is 0 Å². The Hall–Kier alpha value is -2.26. The van der Waals surface area contributed by atoms with Crippen LogP contribution in [0.1, 0.15) is 29.2 Å². The van der Waals surface area contributed by atoms with Crippen LogP contribution in [0, 0.1) is 6.92 Å². The van der Waals surface area contributed by atoms with Crippen LogP contribution in [0.5, 0.6) is 0 Å². The van der Waals surface area contributed by atoms with E-state index in [1.54, 1.807) is 0 Å². The molecule has 1 N–H and O–H groups in total. The van der Waals surface area contributed by atoms with Gasteiger partial charge in [0.15, 0.2) is 0 Å². The Morgan fingerprint density at radius 2 is 1.87 bits per heavy atom. The van der Waals surface area contributed by atoms with Gasteiger partial charge in [0.2, 0.25) is 0 Å². The second kappa shape index (κ2) is 6.09. The third-order valence-electron chi connectivity index (χ3n) is 4.78. The Bertz CT molecular complexity index is 801. The molecule has 0 aliphatic carbocycles. The van der Waals surface area contributed by atoms with Crippen molar-refractivity contribution in [2.24, 2.45) is 0 Å². The van der Waals surface area contributed by atoms with Gasteiger partial charge >= 0.3 is 0 Å². The highest BCUT2D eigenvalue weighted by molar-refractivity contribution is 5.85. The van der Waals surface area contributed by atoms with Gasteiger partial charge in [0.25, 0.3) is 0 Å². The van der Waals surface area contributed by atoms with Crippen LogP contribution in [0.4, 0.5) is 0 Å². The molecule has 3 nitrogen and oxygen atoms in total. The van der Waals surface area contributed by atoms with E-state index in [4.69, 9.17) is 4.84 Å². The highest BCUT2D eigenvalue weighted by Gasteiger charge is 2.24. The first-order valence-corrected chi connectivity index (χ1v) is 8.32. The van der Waals surface area contributed by atoms with Crippen LogP contribution in [0.3, 0.4) is 0 Å². The molecule has 3 aromatic rings. The van der Waals surface area contributed by atoms with Crippen molar-refractivity contribution >= 4 is 10.9 Å². The van der Waals surface area contributed by atoms with E-state index in [1.807, 2.05) is 10.8 Å². The molecule has 0 amide bonds. The normalized spacial score (nSPS) is 17.7. The molecule has 0 radical (unpaired) electrons. The monoisotopic (exact) mass is 306 g/mol. The third kappa shape index (κ3) is 2.62. The van der Waals surface area contributed by atoms with Gasteiger partial charge in [-0.05, 0) is 37.1 Å². The Morgan fingerprint density at radius 3 is 2.65 bits per heavy atom. The number of hydrogen-bond acceptors (Lipinski definition) is 2. The van der Waals surface area contributed by atoms with Crippen LogP contribution in [0.15, 0.2) is 54.6 Å². The second-order valence-corrected chi connectivity index (χ2v) is 6.26. The summed E-state index contributed by atoms with van der Waals surface area (Å²) in [7, 11) is 0. The lowest BCUT2D eigenvalue weighted by Crippen LogP contribution is -2.14. The first-order valence-electron chi connectivity index (χ1n) is 8.32. The maximum Gasteiger partial charge on any atom is 0.140 e. The van der Waals surface area contributed by atoms with Gasteiger partial charge in [-0.25, -0.2) is 0 Å². The number of para-hydroxylation sites is 1. The molecule has 1 aliphatic heterocycles. The number of benzene rings is 2. The van der Waals surface area contributed by atoms with Gasteiger partial charge in [0.1, 0.15) is 6.61 Å². The number of rotatable bonds is 4. The van der Waals surface area contributed by atoms with E-state index < -0.39 is 0 Å². The van der Waals surface area contributed by atoms with Gasteiger partial charge in [-0.1, -0.05) is 48.5 Å². The van der Waals surface area contributed by atoms with Crippen LogP contribution in [-0.2, 0) is 6.61 Å². The summed E-state index contributed by atoms with van der Waals surface area (Å²) in [6.07, 6.45) is 1.20. The first kappa shape index (κ1) is 14.3. The lowest BCUT2D eigenvalue weighted by molar-refractivity contribution is 0.103. The Balaban J connectivity index is 1.72. The number of hydrogen-bond donors (Lipinski definition) is 1. The molecule has 3 heteroatoms. The molecule has 118 valence electrons. The average Bonchev–Trinajstić information content (AvgIpc) is 3.20. The van der Waals surface area contributed by atoms with E-state index in [0.29, 0.717) is 12.5 Å². The summed E-state index contributed by atoms with van der Waals surface area (Å²) >= 11 is 0. The average molecular weight is 306 g/mol. The summed E-state index contributed by atoms with van der Waals surface area (Å²) in [6, 6.07) is 18.9. The minimum absolute atomic E-state index is 0.585. The SMILES string of the molecule is Cc1c(C2CCNC2)c2ccccc2n1OCc1ccccc1. The summed E-state index contributed by atoms with van der Waals surface area (Å²) in [5.74, 6) is 0.585. The quantitative estimate of drug-likeness (QED) is 0.796. The molecule has 1 saturated heterocycles. The Kier molecular flexibility index (Phi) is 3.80. The zero-order valence-electron chi connectivity index (χ0n) is 13.5. The van der Waals surface area contributed by atoms with E-state index in [2.05, 4.69) is 60.8 Å². The molecule has 23 heavy (non-hydrogen) atoms. The first-order chi connectivity index (χ1) is 11.3. The third-order valence-corrected chi connectivity index (χ3v) is 4.78. The smallest absolute Gasteiger partial charge is 0.140 e. The largest absolute Gasteiger partial charge is 0.409 e. The highest BCUT2D eigenvalue weighted by Crippen LogP contribution is 2.34. The molecule has 1 fully saturated rings. The summed E-state index contributed by atoms with van der Waals surface area (Å²) in [5, 5.41) is 4.81. The lowest BCUT2D eigenvalue weighted by Gasteiger charge is -2.12. The van der Waals surface area contributed by atoms with Crippen LogP contribution in [-0.4, -0.2) is 17.8 Å². The number of nitrogens with one attached hydrogen (secondary N) is 1. The molecule has 0 spiro atoms. The van der Waals surface area contributed by atoms with Crippen LogP contribution >= 0.6 is 0 Å². The molecule has 1 unspecified atom stereocenters. The van der Waals surface area contributed by atoms with Gasteiger partial charge in [0.05, 0.1) is 11.2 Å². The van der Waals surface area contributed by atoms with Gasteiger partial charge in [-0.15, -0.1) is 0 Å². The minimum Gasteiger partial charge on any atom is -0.409 e. The molecule has 1 atom stereocenters. The lowest BCUT2D eigenvalue weighted by atomic mass is 9.95. The number of nitrogens with zero attached hydrogens (tertiary/aromatic N) is 1. The molecule has 2 aromatic carbocycles. The van der Waals surface area contributed by atoms with Crippen molar-refractivity contribution in [1.82, 2.24) is 10.0 Å². The maximum atomic E-state index is 6.17. The van der Waals surface area contributed by atoms with E-state index in [9.17, 15) is 0 Å². The predicted molar refractivity (Wildman–Crippen MR) is 93.6 cm³/mol. The van der Waals surface area contributed by atoms with Crippen LogP contribution in [0.2, 0.25) is 0 Å². The summed E-state index contributed by atoms with van der Waals surface area (Å²) < 4.78 is 2.02. The van der Waals surface area contributed by atoms with Crippen molar-refractivity contribution in [2.45, 2.75) is 25.9 Å². The fraction of sp³-hybridized carbons (Fsp3) is 0.300. The maximum absolute atomic E-state index is 6.17. The molecule has 1 aliphatic rings. The molecule has 4 rings (SSSR count). The van der Waals surface area contributed by atoms with Crippen molar-refractivity contribution in [2.75, 3.05) is 13.1 Å². The van der Waals surface area contributed by atoms with Crippen molar-refractivity contribution < 1.29 is 4.84 Å². The molecule has 0 bridgehead atoms. The number of fused-ring (bicyclic) bond motifs is 1. The van der Waals surface area contributed by atoms with E-state index >= 15 is 0 Å². The van der Waals surface area contributed by atoms with Gasteiger partial charge in [-0.3, -0.25) is 0 Å². The fourth-order valence-corrected chi connectivity index (χ4v) is 3.66. The predicted octanol–water partition coefficient (Wildman–Crippen LogP) is 3.66. The molecule has 1 aromatic heterocycles. The zero-order chi connectivity index (χ0) is 15.6. The highest BCUT2D eigenvalue weighted by atomic mass is 16.7. The van der Waals surface area contributed by atoms with Gasteiger partial charge in [0, 0.05) is 17.8 Å². The summed E-state index contributed by atoms with van der Waals surface area (Å²) in [5.41, 5.74) is 5.03. The van der Waals surface area contributed by atoms with Crippen molar-refractivity contribution in [3.8, 4) is 0 Å². The fourth-order valence-electron chi connectivity index (χ4n) is 3.66.